The first-order valence-electron chi connectivity index (χ1n) is 7.33. The van der Waals surface area contributed by atoms with E-state index in [2.05, 4.69) is 4.98 Å². The van der Waals surface area contributed by atoms with E-state index in [0.29, 0.717) is 10.6 Å². The van der Waals surface area contributed by atoms with Crippen LogP contribution in [0, 0.1) is 13.8 Å². The van der Waals surface area contributed by atoms with Gasteiger partial charge in [0, 0.05) is 25.9 Å². The lowest BCUT2D eigenvalue weighted by Crippen LogP contribution is -2.22. The van der Waals surface area contributed by atoms with Crippen molar-refractivity contribution in [3.63, 3.8) is 0 Å². The Morgan fingerprint density at radius 3 is 2.38 bits per heavy atom. The van der Waals surface area contributed by atoms with Crippen LogP contribution in [0.2, 0.25) is 0 Å². The molecule has 128 valence electrons. The van der Waals surface area contributed by atoms with Crippen molar-refractivity contribution in [2.45, 2.75) is 23.8 Å². The Balaban J connectivity index is 2.04. The van der Waals surface area contributed by atoms with Crippen LogP contribution in [0.5, 0.6) is 0 Å². The van der Waals surface area contributed by atoms with Crippen molar-refractivity contribution in [2.24, 2.45) is 0 Å². The second kappa shape index (κ2) is 7.46. The minimum absolute atomic E-state index is 0.0230. The van der Waals surface area contributed by atoms with E-state index in [4.69, 9.17) is 0 Å². The normalized spacial score (nSPS) is 11.7. The Kier molecular flexibility index (Phi) is 5.79. The first kappa shape index (κ1) is 18.6. The zero-order valence-electron chi connectivity index (χ0n) is 14.1. The molecule has 0 aliphatic heterocycles. The summed E-state index contributed by atoms with van der Waals surface area (Å²) in [7, 11) is -0.537. The molecule has 0 spiro atoms. The standard InChI is InChI=1S/C17H20N2O3S2/c1-12-5-6-14(9-13(12)2)16(20)11-23-17-8-7-15(10-18-17)24(21,22)19(3)4/h5-10H,11H2,1-4H3. The van der Waals surface area contributed by atoms with E-state index in [1.165, 1.54) is 38.1 Å². The van der Waals surface area contributed by atoms with Gasteiger partial charge in [-0.2, -0.15) is 0 Å². The molecule has 1 aromatic carbocycles. The van der Waals surface area contributed by atoms with Gasteiger partial charge in [0.15, 0.2) is 5.78 Å². The van der Waals surface area contributed by atoms with Gasteiger partial charge in [-0.3, -0.25) is 4.79 Å². The maximum Gasteiger partial charge on any atom is 0.244 e. The molecule has 1 aromatic heterocycles. The van der Waals surface area contributed by atoms with Crippen LogP contribution < -0.4 is 0 Å². The summed E-state index contributed by atoms with van der Waals surface area (Å²) in [6, 6.07) is 8.77. The Hall–Kier alpha value is -1.70. The quantitative estimate of drug-likeness (QED) is 0.582. The molecule has 2 aromatic rings. The van der Waals surface area contributed by atoms with Crippen molar-refractivity contribution >= 4 is 27.6 Å². The summed E-state index contributed by atoms with van der Waals surface area (Å²) >= 11 is 1.29. The molecular formula is C17H20N2O3S2. The Morgan fingerprint density at radius 1 is 1.12 bits per heavy atom. The van der Waals surface area contributed by atoms with Gasteiger partial charge in [-0.1, -0.05) is 23.9 Å². The predicted molar refractivity (Wildman–Crippen MR) is 96.1 cm³/mol. The molecule has 0 atom stereocenters. The highest BCUT2D eigenvalue weighted by atomic mass is 32.2. The van der Waals surface area contributed by atoms with E-state index in [0.717, 1.165) is 15.4 Å². The van der Waals surface area contributed by atoms with Crippen molar-refractivity contribution in [1.29, 1.82) is 0 Å². The number of Topliss-reactive ketones (excluding diaryl/α,β-unsaturated/α-hetero) is 1. The van der Waals surface area contributed by atoms with Gasteiger partial charge in [-0.05, 0) is 43.2 Å². The van der Waals surface area contributed by atoms with Crippen molar-refractivity contribution in [2.75, 3.05) is 19.8 Å². The number of hydrogen-bond donors (Lipinski definition) is 0. The van der Waals surface area contributed by atoms with E-state index in [9.17, 15) is 13.2 Å². The molecule has 2 rings (SSSR count). The minimum Gasteiger partial charge on any atom is -0.293 e. The molecule has 0 aliphatic rings. The molecule has 0 N–H and O–H groups in total. The monoisotopic (exact) mass is 364 g/mol. The minimum atomic E-state index is -3.48. The van der Waals surface area contributed by atoms with Gasteiger partial charge in [-0.25, -0.2) is 17.7 Å². The molecule has 0 bridgehead atoms. The smallest absolute Gasteiger partial charge is 0.244 e. The van der Waals surface area contributed by atoms with Crippen LogP contribution in [0.15, 0.2) is 46.5 Å². The largest absolute Gasteiger partial charge is 0.293 e. The zero-order chi connectivity index (χ0) is 17.9. The molecule has 0 aliphatic carbocycles. The van der Waals surface area contributed by atoms with Gasteiger partial charge in [0.2, 0.25) is 10.0 Å². The van der Waals surface area contributed by atoms with Crippen LogP contribution >= 0.6 is 11.8 Å². The van der Waals surface area contributed by atoms with E-state index in [1.807, 2.05) is 32.0 Å². The molecule has 0 saturated carbocycles. The summed E-state index contributed by atoms with van der Waals surface area (Å²) < 4.78 is 25.1. The van der Waals surface area contributed by atoms with Gasteiger partial charge in [0.1, 0.15) is 4.90 Å². The summed E-state index contributed by atoms with van der Waals surface area (Å²) in [5.41, 5.74) is 2.91. The van der Waals surface area contributed by atoms with Crippen molar-refractivity contribution in [3.05, 3.63) is 53.2 Å². The number of aromatic nitrogens is 1. The lowest BCUT2D eigenvalue weighted by Gasteiger charge is -2.11. The third-order valence-corrected chi connectivity index (χ3v) is 6.41. The lowest BCUT2D eigenvalue weighted by molar-refractivity contribution is 0.102. The molecule has 0 saturated heterocycles. The highest BCUT2D eigenvalue weighted by Gasteiger charge is 2.17. The van der Waals surface area contributed by atoms with E-state index in [-0.39, 0.29) is 16.4 Å². The molecular weight excluding hydrogens is 344 g/mol. The van der Waals surface area contributed by atoms with Crippen LogP contribution in [0.25, 0.3) is 0 Å². The fourth-order valence-electron chi connectivity index (χ4n) is 1.95. The Morgan fingerprint density at radius 2 is 1.83 bits per heavy atom. The second-order valence-electron chi connectivity index (χ2n) is 5.63. The molecule has 0 amide bonds. The fourth-order valence-corrected chi connectivity index (χ4v) is 3.54. The third-order valence-electron chi connectivity index (χ3n) is 3.67. The summed E-state index contributed by atoms with van der Waals surface area (Å²) in [5.74, 6) is 0.282. The molecule has 7 heteroatoms. The van der Waals surface area contributed by atoms with Crippen molar-refractivity contribution < 1.29 is 13.2 Å². The number of carbonyl (C=O) groups is 1. The molecule has 0 radical (unpaired) electrons. The van der Waals surface area contributed by atoms with Crippen LogP contribution in [0.3, 0.4) is 0 Å². The van der Waals surface area contributed by atoms with Gasteiger partial charge < -0.3 is 0 Å². The summed E-state index contributed by atoms with van der Waals surface area (Å²) in [6.07, 6.45) is 1.32. The summed E-state index contributed by atoms with van der Waals surface area (Å²) in [6.45, 7) is 3.98. The molecule has 24 heavy (non-hydrogen) atoms. The molecule has 5 nitrogen and oxygen atoms in total. The summed E-state index contributed by atoms with van der Waals surface area (Å²) in [4.78, 5) is 16.5. The average molecular weight is 364 g/mol. The van der Waals surface area contributed by atoms with Gasteiger partial charge >= 0.3 is 0 Å². The van der Waals surface area contributed by atoms with E-state index >= 15 is 0 Å². The van der Waals surface area contributed by atoms with Crippen molar-refractivity contribution in [3.8, 4) is 0 Å². The summed E-state index contributed by atoms with van der Waals surface area (Å²) in [5, 5.41) is 0.616. The predicted octanol–water partition coefficient (Wildman–Crippen LogP) is 2.92. The number of sulfonamides is 1. The first-order chi connectivity index (χ1) is 11.2. The van der Waals surface area contributed by atoms with Gasteiger partial charge in [-0.15, -0.1) is 0 Å². The maximum absolute atomic E-state index is 12.2. The van der Waals surface area contributed by atoms with Crippen LogP contribution in [0.4, 0.5) is 0 Å². The third kappa shape index (κ3) is 4.23. The van der Waals surface area contributed by atoms with Crippen LogP contribution in [-0.2, 0) is 10.0 Å². The lowest BCUT2D eigenvalue weighted by atomic mass is 10.0. The number of rotatable bonds is 6. The molecule has 0 fully saturated rings. The number of carbonyl (C=O) groups excluding carboxylic acids is 1. The number of hydrogen-bond acceptors (Lipinski definition) is 5. The number of thioether (sulfide) groups is 1. The number of ketones is 1. The second-order valence-corrected chi connectivity index (χ2v) is 8.78. The average Bonchev–Trinajstić information content (AvgIpc) is 2.55. The maximum atomic E-state index is 12.2. The zero-order valence-corrected chi connectivity index (χ0v) is 15.7. The number of nitrogens with zero attached hydrogens (tertiary/aromatic N) is 2. The topological polar surface area (TPSA) is 67.3 Å². The Bertz CT molecular complexity index is 845. The van der Waals surface area contributed by atoms with Gasteiger partial charge in [0.25, 0.3) is 0 Å². The van der Waals surface area contributed by atoms with E-state index < -0.39 is 10.0 Å². The SMILES string of the molecule is Cc1ccc(C(=O)CSc2ccc(S(=O)(=O)N(C)C)cn2)cc1C. The number of aryl methyl sites for hydroxylation is 2. The van der Waals surface area contributed by atoms with E-state index in [1.54, 1.807) is 6.07 Å². The van der Waals surface area contributed by atoms with Crippen molar-refractivity contribution in [1.82, 2.24) is 9.29 Å². The van der Waals surface area contributed by atoms with Gasteiger partial charge in [0.05, 0.1) is 10.8 Å². The fraction of sp³-hybridized carbons (Fsp3) is 0.294. The number of pyridine rings is 1. The van der Waals surface area contributed by atoms with Crippen LogP contribution in [-0.4, -0.2) is 43.3 Å². The first-order valence-corrected chi connectivity index (χ1v) is 9.76. The number of benzene rings is 1. The molecule has 1 heterocycles. The Labute approximate surface area is 147 Å². The highest BCUT2D eigenvalue weighted by molar-refractivity contribution is 7.99. The molecule has 0 unspecified atom stereocenters. The van der Waals surface area contributed by atoms with Crippen LogP contribution in [0.1, 0.15) is 21.5 Å². The highest BCUT2D eigenvalue weighted by Crippen LogP contribution is 2.20.